The van der Waals surface area contributed by atoms with Crippen molar-refractivity contribution in [1.82, 2.24) is 10.2 Å². The summed E-state index contributed by atoms with van der Waals surface area (Å²) in [6.45, 7) is 4.39. The molecule has 116 valence electrons. The van der Waals surface area contributed by atoms with Gasteiger partial charge in [0.1, 0.15) is 0 Å². The van der Waals surface area contributed by atoms with Gasteiger partial charge in [-0.1, -0.05) is 24.3 Å². The van der Waals surface area contributed by atoms with Gasteiger partial charge in [0.2, 0.25) is 0 Å². The Kier molecular flexibility index (Phi) is 6.21. The van der Waals surface area contributed by atoms with E-state index in [-0.39, 0.29) is 6.42 Å². The summed E-state index contributed by atoms with van der Waals surface area (Å²) in [7, 11) is 2.20. The smallest absolute Gasteiger partial charge is 0.307 e. The lowest BCUT2D eigenvalue weighted by atomic mass is 9.94. The number of likely N-dealkylation sites (tertiary alicyclic amines) is 1. The Morgan fingerprint density at radius 3 is 2.48 bits per heavy atom. The van der Waals surface area contributed by atoms with Crippen molar-refractivity contribution < 1.29 is 9.90 Å². The number of hydrogen-bond acceptors (Lipinski definition) is 3. The van der Waals surface area contributed by atoms with Crippen molar-refractivity contribution in [2.75, 3.05) is 26.7 Å². The molecule has 0 unspecified atom stereocenters. The Balaban J connectivity index is 1.63. The summed E-state index contributed by atoms with van der Waals surface area (Å²) in [6, 6.07) is 7.84. The highest BCUT2D eigenvalue weighted by atomic mass is 16.4. The van der Waals surface area contributed by atoms with Crippen LogP contribution in [-0.2, 0) is 17.8 Å². The second-order valence-corrected chi connectivity index (χ2v) is 6.10. The van der Waals surface area contributed by atoms with Gasteiger partial charge in [0.15, 0.2) is 0 Å². The Morgan fingerprint density at radius 1 is 1.24 bits per heavy atom. The number of rotatable bonds is 7. The monoisotopic (exact) mass is 290 g/mol. The number of carboxylic acid groups (broad SMARTS) is 1. The van der Waals surface area contributed by atoms with E-state index in [0.29, 0.717) is 0 Å². The van der Waals surface area contributed by atoms with Gasteiger partial charge in [-0.25, -0.2) is 0 Å². The quantitative estimate of drug-likeness (QED) is 0.755. The van der Waals surface area contributed by atoms with E-state index < -0.39 is 5.97 Å². The third-order valence-corrected chi connectivity index (χ3v) is 4.27. The molecule has 1 fully saturated rings. The van der Waals surface area contributed by atoms with Crippen LogP contribution in [0.15, 0.2) is 24.3 Å². The van der Waals surface area contributed by atoms with Gasteiger partial charge in [-0.05, 0) is 63.0 Å². The summed E-state index contributed by atoms with van der Waals surface area (Å²) in [6.07, 6.45) is 4.00. The van der Waals surface area contributed by atoms with Gasteiger partial charge in [-0.3, -0.25) is 4.79 Å². The summed E-state index contributed by atoms with van der Waals surface area (Å²) >= 11 is 0. The second kappa shape index (κ2) is 8.15. The van der Waals surface area contributed by atoms with Gasteiger partial charge < -0.3 is 15.3 Å². The molecule has 0 aliphatic carbocycles. The van der Waals surface area contributed by atoms with Crippen molar-refractivity contribution >= 4 is 5.97 Å². The van der Waals surface area contributed by atoms with Gasteiger partial charge in [-0.2, -0.15) is 0 Å². The third-order valence-electron chi connectivity index (χ3n) is 4.27. The Labute approximate surface area is 127 Å². The molecule has 0 atom stereocenters. The predicted molar refractivity (Wildman–Crippen MR) is 84.3 cm³/mol. The topological polar surface area (TPSA) is 52.6 Å². The Morgan fingerprint density at radius 2 is 1.86 bits per heavy atom. The number of carbonyl (C=O) groups is 1. The average molecular weight is 290 g/mol. The van der Waals surface area contributed by atoms with E-state index >= 15 is 0 Å². The minimum absolute atomic E-state index is 0.101. The van der Waals surface area contributed by atoms with Crippen LogP contribution in [-0.4, -0.2) is 42.7 Å². The number of nitrogens with zero attached hydrogens (tertiary/aromatic N) is 1. The largest absolute Gasteiger partial charge is 0.481 e. The Bertz CT molecular complexity index is 437. The van der Waals surface area contributed by atoms with Gasteiger partial charge in [-0.15, -0.1) is 0 Å². The standard InChI is InChI=1S/C17H26N2O2/c1-19-10-7-14(8-11-19)6-9-18-13-16-4-2-15(3-5-16)12-17(20)21/h2-5,14,18H,6-13H2,1H3,(H,20,21). The first kappa shape index (κ1) is 16.0. The van der Waals surface area contributed by atoms with Crippen molar-refractivity contribution in [2.45, 2.75) is 32.2 Å². The minimum Gasteiger partial charge on any atom is -0.481 e. The zero-order valence-corrected chi connectivity index (χ0v) is 12.8. The first-order valence-corrected chi connectivity index (χ1v) is 7.82. The van der Waals surface area contributed by atoms with Crippen LogP contribution in [0.3, 0.4) is 0 Å². The highest BCUT2D eigenvalue weighted by molar-refractivity contribution is 5.70. The van der Waals surface area contributed by atoms with Crippen LogP contribution in [0.4, 0.5) is 0 Å². The molecule has 0 radical (unpaired) electrons. The molecule has 1 aromatic carbocycles. The van der Waals surface area contributed by atoms with Crippen molar-refractivity contribution in [3.05, 3.63) is 35.4 Å². The van der Waals surface area contributed by atoms with E-state index in [9.17, 15) is 4.79 Å². The van der Waals surface area contributed by atoms with Gasteiger partial charge >= 0.3 is 5.97 Å². The molecular weight excluding hydrogens is 264 g/mol. The molecule has 0 bridgehead atoms. The van der Waals surface area contributed by atoms with Crippen LogP contribution < -0.4 is 5.32 Å². The molecule has 1 aliphatic rings. The van der Waals surface area contributed by atoms with E-state index in [1.165, 1.54) is 37.9 Å². The highest BCUT2D eigenvalue weighted by Crippen LogP contribution is 2.18. The maximum absolute atomic E-state index is 10.6. The summed E-state index contributed by atoms with van der Waals surface area (Å²) in [5, 5.41) is 12.2. The first-order valence-electron chi connectivity index (χ1n) is 7.82. The normalized spacial score (nSPS) is 17.0. The van der Waals surface area contributed by atoms with Crippen LogP contribution in [0.5, 0.6) is 0 Å². The maximum atomic E-state index is 10.6. The van der Waals surface area contributed by atoms with Crippen molar-refractivity contribution in [2.24, 2.45) is 5.92 Å². The van der Waals surface area contributed by atoms with Crippen molar-refractivity contribution in [3.63, 3.8) is 0 Å². The molecule has 2 N–H and O–H groups in total. The summed E-state index contributed by atoms with van der Waals surface area (Å²) in [5.74, 6) is 0.0886. The number of piperidine rings is 1. The van der Waals surface area contributed by atoms with Crippen molar-refractivity contribution in [1.29, 1.82) is 0 Å². The molecule has 1 aromatic rings. The fourth-order valence-corrected chi connectivity index (χ4v) is 2.84. The molecule has 1 aliphatic heterocycles. The molecule has 0 saturated carbocycles. The molecule has 1 saturated heterocycles. The molecule has 1 heterocycles. The van der Waals surface area contributed by atoms with Crippen LogP contribution in [0.2, 0.25) is 0 Å². The number of aliphatic carboxylic acids is 1. The van der Waals surface area contributed by atoms with Crippen molar-refractivity contribution in [3.8, 4) is 0 Å². The predicted octanol–water partition coefficient (Wildman–Crippen LogP) is 2.14. The van der Waals surface area contributed by atoms with Crippen LogP contribution in [0, 0.1) is 5.92 Å². The molecule has 21 heavy (non-hydrogen) atoms. The van der Waals surface area contributed by atoms with E-state index in [0.717, 1.165) is 24.6 Å². The molecule has 0 aromatic heterocycles. The second-order valence-electron chi connectivity index (χ2n) is 6.10. The molecule has 4 nitrogen and oxygen atoms in total. The van der Waals surface area contributed by atoms with E-state index in [1.54, 1.807) is 0 Å². The molecule has 0 spiro atoms. The van der Waals surface area contributed by atoms with Crippen LogP contribution in [0.25, 0.3) is 0 Å². The van der Waals surface area contributed by atoms with Crippen LogP contribution >= 0.6 is 0 Å². The van der Waals surface area contributed by atoms with E-state index in [2.05, 4.69) is 17.3 Å². The summed E-state index contributed by atoms with van der Waals surface area (Å²) in [5.41, 5.74) is 2.07. The average Bonchev–Trinajstić information content (AvgIpc) is 2.46. The first-order chi connectivity index (χ1) is 10.1. The zero-order valence-electron chi connectivity index (χ0n) is 12.8. The molecule has 4 heteroatoms. The summed E-state index contributed by atoms with van der Waals surface area (Å²) < 4.78 is 0. The molecular formula is C17H26N2O2. The fraction of sp³-hybridized carbons (Fsp3) is 0.588. The Hall–Kier alpha value is -1.39. The lowest BCUT2D eigenvalue weighted by Crippen LogP contribution is -2.31. The van der Waals surface area contributed by atoms with E-state index in [4.69, 9.17) is 5.11 Å². The highest BCUT2D eigenvalue weighted by Gasteiger charge is 2.15. The maximum Gasteiger partial charge on any atom is 0.307 e. The van der Waals surface area contributed by atoms with Gasteiger partial charge in [0.25, 0.3) is 0 Å². The van der Waals surface area contributed by atoms with E-state index in [1.807, 2.05) is 24.3 Å². The third kappa shape index (κ3) is 5.86. The number of carboxylic acids is 1. The summed E-state index contributed by atoms with van der Waals surface area (Å²) in [4.78, 5) is 13.0. The lowest BCUT2D eigenvalue weighted by molar-refractivity contribution is -0.136. The number of benzene rings is 1. The fourth-order valence-electron chi connectivity index (χ4n) is 2.84. The van der Waals surface area contributed by atoms with Gasteiger partial charge in [0, 0.05) is 6.54 Å². The number of hydrogen-bond donors (Lipinski definition) is 2. The minimum atomic E-state index is -0.779. The SMILES string of the molecule is CN1CCC(CCNCc2ccc(CC(=O)O)cc2)CC1. The molecule has 0 amide bonds. The lowest BCUT2D eigenvalue weighted by Gasteiger charge is -2.28. The number of nitrogens with one attached hydrogen (secondary N) is 1. The van der Waals surface area contributed by atoms with Gasteiger partial charge in [0.05, 0.1) is 6.42 Å². The molecule has 2 rings (SSSR count). The zero-order chi connectivity index (χ0) is 15.1. The van der Waals surface area contributed by atoms with Crippen LogP contribution in [0.1, 0.15) is 30.4 Å².